The molecule has 0 amide bonds. The van der Waals surface area contributed by atoms with Crippen molar-refractivity contribution in [2.75, 3.05) is 38.7 Å². The Morgan fingerprint density at radius 1 is 1.07 bits per heavy atom. The van der Waals surface area contributed by atoms with Crippen LogP contribution in [0.25, 0.3) is 0 Å². The summed E-state index contributed by atoms with van der Waals surface area (Å²) < 4.78 is 11.1. The number of aliphatic imine (C=N–C) groups is 1. The van der Waals surface area contributed by atoms with Crippen molar-refractivity contribution in [3.05, 3.63) is 59.7 Å². The van der Waals surface area contributed by atoms with Crippen LogP contribution in [0.4, 0.5) is 5.69 Å². The minimum atomic E-state index is 0.619. The second-order valence-corrected chi connectivity index (χ2v) is 7.53. The Balaban J connectivity index is 1.53. The Morgan fingerprint density at radius 2 is 1.87 bits per heavy atom. The van der Waals surface area contributed by atoms with Gasteiger partial charge in [-0.1, -0.05) is 30.3 Å². The molecule has 0 spiro atoms. The van der Waals surface area contributed by atoms with Crippen LogP contribution >= 0.6 is 0 Å². The summed E-state index contributed by atoms with van der Waals surface area (Å²) in [5.74, 6) is 2.51. The lowest BCUT2D eigenvalue weighted by molar-refractivity contribution is 0.211. The lowest BCUT2D eigenvalue weighted by atomic mass is 10.2. The molecule has 162 valence electrons. The van der Waals surface area contributed by atoms with Crippen molar-refractivity contribution in [2.45, 2.75) is 32.9 Å². The fraction of sp³-hybridized carbons (Fsp3) is 0.458. The molecular weight excluding hydrogens is 376 g/mol. The molecule has 0 atom stereocenters. The van der Waals surface area contributed by atoms with Crippen molar-refractivity contribution in [2.24, 2.45) is 10.9 Å². The number of rotatable bonds is 12. The average Bonchev–Trinajstić information content (AvgIpc) is 3.60. The molecule has 1 aliphatic rings. The van der Waals surface area contributed by atoms with Gasteiger partial charge < -0.3 is 25.4 Å². The van der Waals surface area contributed by atoms with Gasteiger partial charge in [-0.25, -0.2) is 4.99 Å². The number of para-hydroxylation sites is 1. The van der Waals surface area contributed by atoms with Gasteiger partial charge in [0.25, 0.3) is 0 Å². The maximum Gasteiger partial charge on any atom is 0.191 e. The second kappa shape index (κ2) is 12.1. The van der Waals surface area contributed by atoms with Crippen LogP contribution in [0.15, 0.2) is 53.5 Å². The lowest BCUT2D eigenvalue weighted by Gasteiger charge is -2.14. The van der Waals surface area contributed by atoms with E-state index >= 15 is 0 Å². The van der Waals surface area contributed by atoms with Crippen LogP contribution in [0, 0.1) is 5.92 Å². The number of guanidine groups is 1. The van der Waals surface area contributed by atoms with Gasteiger partial charge in [0.2, 0.25) is 0 Å². The molecule has 1 fully saturated rings. The molecule has 0 heterocycles. The SMILES string of the molecule is CCNC(=NCc1ccc(NCCOC)cc1)NCc1ccccc1OCC1CC1. The second-order valence-electron chi connectivity index (χ2n) is 7.53. The molecule has 0 aliphatic heterocycles. The highest BCUT2D eigenvalue weighted by atomic mass is 16.5. The molecule has 3 N–H and O–H groups in total. The van der Waals surface area contributed by atoms with Gasteiger partial charge in [0.1, 0.15) is 5.75 Å². The molecule has 2 aromatic carbocycles. The van der Waals surface area contributed by atoms with Gasteiger partial charge in [-0.2, -0.15) is 0 Å². The number of anilines is 1. The molecule has 0 saturated heterocycles. The standard InChI is InChI=1S/C24H34N4O2/c1-3-25-24(27-16-19-10-12-22(13-11-19)26-14-15-29-2)28-17-21-6-4-5-7-23(21)30-18-20-8-9-20/h4-7,10-13,20,26H,3,8-9,14-18H2,1-2H3,(H2,25,27,28). The van der Waals surface area contributed by atoms with Crippen molar-refractivity contribution >= 4 is 11.6 Å². The summed E-state index contributed by atoms with van der Waals surface area (Å²) in [4.78, 5) is 4.73. The molecule has 0 bridgehead atoms. The Hall–Kier alpha value is -2.73. The Labute approximate surface area is 180 Å². The zero-order valence-electron chi connectivity index (χ0n) is 18.1. The van der Waals surface area contributed by atoms with Gasteiger partial charge in [0, 0.05) is 38.0 Å². The largest absolute Gasteiger partial charge is 0.493 e. The highest BCUT2D eigenvalue weighted by Crippen LogP contribution is 2.30. The predicted octanol–water partition coefficient (Wildman–Crippen LogP) is 3.79. The molecule has 6 heteroatoms. The monoisotopic (exact) mass is 410 g/mol. The van der Waals surface area contributed by atoms with Crippen molar-refractivity contribution in [3.8, 4) is 5.75 Å². The van der Waals surface area contributed by atoms with Gasteiger partial charge in [-0.3, -0.25) is 0 Å². The average molecular weight is 411 g/mol. The molecular formula is C24H34N4O2. The summed E-state index contributed by atoms with van der Waals surface area (Å²) >= 11 is 0. The third kappa shape index (κ3) is 7.59. The topological polar surface area (TPSA) is 66.9 Å². The van der Waals surface area contributed by atoms with Gasteiger partial charge >= 0.3 is 0 Å². The molecule has 0 aromatic heterocycles. The summed E-state index contributed by atoms with van der Waals surface area (Å²) in [6.07, 6.45) is 2.59. The molecule has 2 aromatic rings. The maximum absolute atomic E-state index is 6.01. The minimum absolute atomic E-state index is 0.619. The van der Waals surface area contributed by atoms with Gasteiger partial charge in [-0.15, -0.1) is 0 Å². The van der Waals surface area contributed by atoms with E-state index in [1.807, 2.05) is 18.2 Å². The van der Waals surface area contributed by atoms with Crippen LogP contribution in [0.3, 0.4) is 0 Å². The van der Waals surface area contributed by atoms with Crippen LogP contribution in [0.2, 0.25) is 0 Å². The quantitative estimate of drug-likeness (QED) is 0.282. The van der Waals surface area contributed by atoms with Gasteiger partial charge in [0.05, 0.1) is 19.8 Å². The van der Waals surface area contributed by atoms with E-state index in [1.54, 1.807) is 7.11 Å². The first kappa shape index (κ1) is 22.0. The van der Waals surface area contributed by atoms with Gasteiger partial charge in [0.15, 0.2) is 5.96 Å². The van der Waals surface area contributed by atoms with E-state index < -0.39 is 0 Å². The van der Waals surface area contributed by atoms with Crippen molar-refractivity contribution in [1.29, 1.82) is 0 Å². The number of hydrogen-bond donors (Lipinski definition) is 3. The minimum Gasteiger partial charge on any atom is -0.493 e. The van der Waals surface area contributed by atoms with Crippen LogP contribution in [-0.4, -0.2) is 39.4 Å². The smallest absolute Gasteiger partial charge is 0.191 e. The van der Waals surface area contributed by atoms with Crippen molar-refractivity contribution in [3.63, 3.8) is 0 Å². The highest BCUT2D eigenvalue weighted by Gasteiger charge is 2.22. The van der Waals surface area contributed by atoms with Crippen LogP contribution < -0.4 is 20.7 Å². The van der Waals surface area contributed by atoms with E-state index in [2.05, 4.69) is 53.2 Å². The van der Waals surface area contributed by atoms with E-state index in [1.165, 1.54) is 12.8 Å². The van der Waals surface area contributed by atoms with Crippen LogP contribution in [-0.2, 0) is 17.8 Å². The van der Waals surface area contributed by atoms with Crippen molar-refractivity contribution < 1.29 is 9.47 Å². The first-order chi connectivity index (χ1) is 14.8. The fourth-order valence-electron chi connectivity index (χ4n) is 3.00. The number of benzene rings is 2. The molecule has 30 heavy (non-hydrogen) atoms. The molecule has 0 radical (unpaired) electrons. The molecule has 1 aliphatic carbocycles. The number of ether oxygens (including phenoxy) is 2. The van der Waals surface area contributed by atoms with E-state index in [0.717, 1.165) is 54.1 Å². The summed E-state index contributed by atoms with van der Waals surface area (Å²) in [6, 6.07) is 16.6. The normalized spacial score (nSPS) is 13.7. The summed E-state index contributed by atoms with van der Waals surface area (Å²) in [6.45, 7) is 6.50. The zero-order chi connectivity index (χ0) is 21.0. The number of nitrogens with one attached hydrogen (secondary N) is 3. The number of methoxy groups -OCH3 is 1. The molecule has 1 saturated carbocycles. The summed E-state index contributed by atoms with van der Waals surface area (Å²) in [5, 5.41) is 10.1. The highest BCUT2D eigenvalue weighted by molar-refractivity contribution is 5.79. The van der Waals surface area contributed by atoms with Crippen LogP contribution in [0.1, 0.15) is 30.9 Å². The first-order valence-corrected chi connectivity index (χ1v) is 10.8. The van der Waals surface area contributed by atoms with Gasteiger partial charge in [-0.05, 0) is 49.4 Å². The molecule has 6 nitrogen and oxygen atoms in total. The fourth-order valence-corrected chi connectivity index (χ4v) is 3.00. The Kier molecular flexibility index (Phi) is 8.84. The number of nitrogens with zero attached hydrogens (tertiary/aromatic N) is 1. The molecule has 0 unspecified atom stereocenters. The van der Waals surface area contributed by atoms with E-state index in [4.69, 9.17) is 14.5 Å². The van der Waals surface area contributed by atoms with E-state index in [-0.39, 0.29) is 0 Å². The van der Waals surface area contributed by atoms with Crippen molar-refractivity contribution in [1.82, 2.24) is 10.6 Å². The summed E-state index contributed by atoms with van der Waals surface area (Å²) in [5.41, 5.74) is 3.40. The lowest BCUT2D eigenvalue weighted by Crippen LogP contribution is -2.36. The zero-order valence-corrected chi connectivity index (χ0v) is 18.1. The Bertz CT molecular complexity index is 788. The summed E-state index contributed by atoms with van der Waals surface area (Å²) in [7, 11) is 1.71. The third-order valence-electron chi connectivity index (χ3n) is 4.94. The van der Waals surface area contributed by atoms with E-state index in [0.29, 0.717) is 19.7 Å². The van der Waals surface area contributed by atoms with Crippen LogP contribution in [0.5, 0.6) is 5.75 Å². The third-order valence-corrected chi connectivity index (χ3v) is 4.94. The Morgan fingerprint density at radius 3 is 2.60 bits per heavy atom. The predicted molar refractivity (Wildman–Crippen MR) is 123 cm³/mol. The van der Waals surface area contributed by atoms with E-state index in [9.17, 15) is 0 Å². The first-order valence-electron chi connectivity index (χ1n) is 10.8. The molecule has 3 rings (SSSR count). The number of hydrogen-bond acceptors (Lipinski definition) is 4. The maximum atomic E-state index is 6.01.